The van der Waals surface area contributed by atoms with Gasteiger partial charge >= 0.3 is 0 Å². The minimum absolute atomic E-state index is 0.0172. The van der Waals surface area contributed by atoms with Crippen molar-refractivity contribution in [3.8, 4) is 0 Å². The van der Waals surface area contributed by atoms with Gasteiger partial charge in [0.2, 0.25) is 10.0 Å². The molecule has 1 saturated heterocycles. The molecule has 2 fully saturated rings. The predicted octanol–water partition coefficient (Wildman–Crippen LogP) is 3.52. The Morgan fingerprint density at radius 2 is 1.87 bits per heavy atom. The zero-order valence-corrected chi connectivity index (χ0v) is 22.1. The molecule has 38 heavy (non-hydrogen) atoms. The topological polar surface area (TPSA) is 119 Å². The van der Waals surface area contributed by atoms with E-state index in [-0.39, 0.29) is 43.0 Å². The molecule has 5 rings (SSSR count). The Morgan fingerprint density at radius 3 is 2.50 bits per heavy atom. The summed E-state index contributed by atoms with van der Waals surface area (Å²) in [5, 5.41) is 27.2. The molecule has 8 nitrogen and oxygen atoms in total. The third-order valence-corrected chi connectivity index (χ3v) is 10.4. The average molecular weight is 547 g/mol. The molecule has 204 valence electrons. The van der Waals surface area contributed by atoms with Crippen LogP contribution in [-0.4, -0.2) is 55.9 Å². The Hall–Kier alpha value is -2.73. The molecule has 1 aliphatic heterocycles. The molecule has 3 atom stereocenters. The van der Waals surface area contributed by atoms with Gasteiger partial charge in [-0.2, -0.15) is 9.40 Å². The van der Waals surface area contributed by atoms with E-state index < -0.39 is 44.0 Å². The highest BCUT2D eigenvalue weighted by Crippen LogP contribution is 2.54. The fourth-order valence-electron chi connectivity index (χ4n) is 6.23. The van der Waals surface area contributed by atoms with Crippen molar-refractivity contribution in [1.29, 1.82) is 0 Å². The molecule has 2 aliphatic rings. The van der Waals surface area contributed by atoms with Gasteiger partial charge in [0.05, 0.1) is 11.7 Å². The average Bonchev–Trinajstić information content (AvgIpc) is 3.35. The zero-order chi connectivity index (χ0) is 27.3. The molecule has 3 aromatic rings. The van der Waals surface area contributed by atoms with Crippen molar-refractivity contribution in [2.45, 2.75) is 80.9 Å². The summed E-state index contributed by atoms with van der Waals surface area (Å²) >= 11 is 0. The van der Waals surface area contributed by atoms with Gasteiger partial charge in [-0.15, -0.1) is 0 Å². The van der Waals surface area contributed by atoms with Crippen LogP contribution in [0.5, 0.6) is 0 Å². The van der Waals surface area contributed by atoms with Gasteiger partial charge in [-0.25, -0.2) is 22.2 Å². The van der Waals surface area contributed by atoms with Crippen LogP contribution in [0.4, 0.5) is 8.78 Å². The summed E-state index contributed by atoms with van der Waals surface area (Å²) in [6, 6.07) is 10.6. The fourth-order valence-corrected chi connectivity index (χ4v) is 8.42. The van der Waals surface area contributed by atoms with Crippen LogP contribution in [0, 0.1) is 11.6 Å². The maximum Gasteiger partial charge on any atom is 0.221 e. The lowest BCUT2D eigenvalue weighted by atomic mass is 9.53. The summed E-state index contributed by atoms with van der Waals surface area (Å²) in [4.78, 5) is 4.01. The van der Waals surface area contributed by atoms with Crippen LogP contribution in [0.3, 0.4) is 0 Å². The van der Waals surface area contributed by atoms with Crippen molar-refractivity contribution in [2.24, 2.45) is 0 Å². The van der Waals surface area contributed by atoms with Gasteiger partial charge in [0.25, 0.3) is 0 Å². The Morgan fingerprint density at radius 1 is 1.16 bits per heavy atom. The highest BCUT2D eigenvalue weighted by Gasteiger charge is 2.57. The van der Waals surface area contributed by atoms with Gasteiger partial charge in [0.1, 0.15) is 29.0 Å². The Balaban J connectivity index is 1.45. The Labute approximate surface area is 220 Å². The summed E-state index contributed by atoms with van der Waals surface area (Å²) in [6.45, 7) is 3.05. The van der Waals surface area contributed by atoms with Gasteiger partial charge in [-0.05, 0) is 62.8 Å². The highest BCUT2D eigenvalue weighted by molar-refractivity contribution is 7.89. The van der Waals surface area contributed by atoms with E-state index in [4.69, 9.17) is 0 Å². The lowest BCUT2D eigenvalue weighted by Gasteiger charge is -2.54. The minimum atomic E-state index is -3.83. The van der Waals surface area contributed by atoms with Crippen molar-refractivity contribution in [2.75, 3.05) is 0 Å². The van der Waals surface area contributed by atoms with Crippen LogP contribution >= 0.6 is 0 Å². The van der Waals surface area contributed by atoms with Crippen LogP contribution in [0.2, 0.25) is 0 Å². The van der Waals surface area contributed by atoms with Gasteiger partial charge in [-0.3, -0.25) is 5.10 Å². The van der Waals surface area contributed by atoms with E-state index in [2.05, 4.69) is 15.2 Å². The van der Waals surface area contributed by atoms with Crippen LogP contribution in [0.15, 0.2) is 48.8 Å². The molecule has 0 bridgehead atoms. The summed E-state index contributed by atoms with van der Waals surface area (Å²) in [7, 11) is -3.83. The number of nitrogens with one attached hydrogen (secondary N) is 1. The maximum absolute atomic E-state index is 15.7. The lowest BCUT2D eigenvalue weighted by Crippen LogP contribution is -2.59. The van der Waals surface area contributed by atoms with Crippen LogP contribution < -0.4 is 0 Å². The van der Waals surface area contributed by atoms with E-state index in [1.165, 1.54) is 10.6 Å². The number of aromatic amines is 1. The van der Waals surface area contributed by atoms with Crippen molar-refractivity contribution < 1.29 is 27.4 Å². The number of nitrogens with zero attached hydrogens (tertiary/aromatic N) is 3. The van der Waals surface area contributed by atoms with Gasteiger partial charge < -0.3 is 10.2 Å². The second kappa shape index (κ2) is 9.78. The molecule has 0 spiro atoms. The number of H-pyrrole nitrogens is 1. The zero-order valence-electron chi connectivity index (χ0n) is 21.3. The van der Waals surface area contributed by atoms with Crippen LogP contribution in [0.25, 0.3) is 0 Å². The van der Waals surface area contributed by atoms with Gasteiger partial charge in [0, 0.05) is 30.0 Å². The van der Waals surface area contributed by atoms with Gasteiger partial charge in [-0.1, -0.05) is 30.3 Å². The predicted molar refractivity (Wildman–Crippen MR) is 136 cm³/mol. The molecule has 3 N–H and O–H groups in total. The third kappa shape index (κ3) is 4.76. The molecule has 0 radical (unpaired) electrons. The molecule has 11 heteroatoms. The third-order valence-electron chi connectivity index (χ3n) is 8.08. The van der Waals surface area contributed by atoms with Crippen molar-refractivity contribution in [1.82, 2.24) is 19.5 Å². The molecule has 1 saturated carbocycles. The van der Waals surface area contributed by atoms with Crippen molar-refractivity contribution in [3.05, 3.63) is 82.9 Å². The smallest absolute Gasteiger partial charge is 0.221 e. The van der Waals surface area contributed by atoms with Gasteiger partial charge in [0.15, 0.2) is 0 Å². The minimum Gasteiger partial charge on any atom is -0.392 e. The quantitative estimate of drug-likeness (QED) is 0.417. The second-order valence-electron chi connectivity index (χ2n) is 11.0. The summed E-state index contributed by atoms with van der Waals surface area (Å²) < 4.78 is 59.6. The maximum atomic E-state index is 15.7. The van der Waals surface area contributed by atoms with Crippen LogP contribution in [-0.2, 0) is 28.4 Å². The van der Waals surface area contributed by atoms with E-state index in [0.29, 0.717) is 24.2 Å². The number of halogens is 2. The molecule has 2 heterocycles. The van der Waals surface area contributed by atoms with E-state index in [1.807, 2.05) is 6.07 Å². The molecule has 0 amide bonds. The standard InChI is InChI=1S/C27H32F2N4O4S/c1-17-8-9-23(18-6-4-3-5-7-18)38(36,37)33(17)13-19-10-22(29)20(11-21(19)28)27(14-26(2,35)15-27)24(34)12-25-30-16-31-32-25/h3-7,10-11,16-17,23-24,34-35H,8-9,12-15H2,1-2H3,(H,30,31,32)/t17?,23?,24-,26?,27?/m0/s1. The van der Waals surface area contributed by atoms with E-state index in [1.54, 1.807) is 38.1 Å². The molecule has 1 aliphatic carbocycles. The molecule has 2 unspecified atom stereocenters. The normalized spacial score (nSPS) is 30.1. The Bertz CT molecular complexity index is 1390. The fraction of sp³-hybridized carbons (Fsp3) is 0.481. The summed E-state index contributed by atoms with van der Waals surface area (Å²) in [5.41, 5.74) is -1.84. The monoisotopic (exact) mass is 546 g/mol. The van der Waals surface area contributed by atoms with E-state index in [9.17, 15) is 18.6 Å². The molecule has 2 aromatic carbocycles. The molecule has 1 aromatic heterocycles. The van der Waals surface area contributed by atoms with Crippen molar-refractivity contribution >= 4 is 10.0 Å². The number of hydrogen-bond acceptors (Lipinski definition) is 6. The number of benzene rings is 2. The SMILES string of the molecule is CC1CCC(c2ccccc2)S(=O)(=O)N1Cc1cc(F)c(C2([C@@H](O)Cc3ncn[nH]3)CC(C)(O)C2)cc1F. The molecular weight excluding hydrogens is 514 g/mol. The number of sulfonamides is 1. The molecular formula is C27H32F2N4O4S. The van der Waals surface area contributed by atoms with E-state index in [0.717, 1.165) is 12.1 Å². The largest absolute Gasteiger partial charge is 0.392 e. The highest BCUT2D eigenvalue weighted by atomic mass is 32.2. The number of aliphatic hydroxyl groups is 2. The Kier molecular flexibility index (Phi) is 6.91. The first-order valence-corrected chi connectivity index (χ1v) is 14.2. The number of aromatic nitrogens is 3. The first-order valence-electron chi connectivity index (χ1n) is 12.7. The number of hydrogen-bond donors (Lipinski definition) is 3. The summed E-state index contributed by atoms with van der Waals surface area (Å²) in [5.74, 6) is -1.13. The first-order chi connectivity index (χ1) is 17.9. The summed E-state index contributed by atoms with van der Waals surface area (Å²) in [6.07, 6.45) is 1.24. The number of rotatable bonds is 7. The second-order valence-corrected chi connectivity index (χ2v) is 13.1. The van der Waals surface area contributed by atoms with E-state index >= 15 is 8.78 Å². The number of aliphatic hydroxyl groups excluding tert-OH is 1. The first kappa shape index (κ1) is 26.9. The van der Waals surface area contributed by atoms with Crippen molar-refractivity contribution in [3.63, 3.8) is 0 Å². The lowest BCUT2D eigenvalue weighted by molar-refractivity contribution is -0.122. The van der Waals surface area contributed by atoms with Crippen LogP contribution in [0.1, 0.15) is 67.3 Å².